The molecular formula is C18H31ClN4O. The number of rotatable bonds is 4. The summed E-state index contributed by atoms with van der Waals surface area (Å²) in [6.45, 7) is 7.13. The van der Waals surface area contributed by atoms with Crippen molar-refractivity contribution >= 4 is 18.3 Å². The van der Waals surface area contributed by atoms with E-state index in [2.05, 4.69) is 35.4 Å². The lowest BCUT2D eigenvalue weighted by molar-refractivity contribution is -0.139. The molecule has 136 valence electrons. The maximum atomic E-state index is 13.2. The number of nitrogens with one attached hydrogen (secondary N) is 1. The van der Waals surface area contributed by atoms with Crippen LogP contribution in [0.3, 0.4) is 0 Å². The van der Waals surface area contributed by atoms with Crippen molar-refractivity contribution < 1.29 is 4.79 Å². The summed E-state index contributed by atoms with van der Waals surface area (Å²) in [4.78, 5) is 15.4. The van der Waals surface area contributed by atoms with Crippen LogP contribution in [0.15, 0.2) is 12.4 Å². The molecule has 3 rings (SSSR count). The lowest BCUT2D eigenvalue weighted by atomic mass is 9.87. The van der Waals surface area contributed by atoms with Crippen molar-refractivity contribution in [3.63, 3.8) is 0 Å². The first-order valence-corrected chi connectivity index (χ1v) is 9.06. The monoisotopic (exact) mass is 354 g/mol. The van der Waals surface area contributed by atoms with Gasteiger partial charge in [-0.25, -0.2) is 0 Å². The first-order valence-electron chi connectivity index (χ1n) is 9.06. The van der Waals surface area contributed by atoms with Gasteiger partial charge < -0.3 is 10.2 Å². The second-order valence-corrected chi connectivity index (χ2v) is 7.63. The molecule has 1 aromatic heterocycles. The summed E-state index contributed by atoms with van der Waals surface area (Å²) in [5.74, 6) is 1.32. The predicted molar refractivity (Wildman–Crippen MR) is 98.4 cm³/mol. The third-order valence-corrected chi connectivity index (χ3v) is 5.34. The van der Waals surface area contributed by atoms with Gasteiger partial charge in [-0.1, -0.05) is 13.8 Å². The van der Waals surface area contributed by atoms with E-state index in [1.165, 1.54) is 18.4 Å². The van der Waals surface area contributed by atoms with Crippen LogP contribution in [-0.4, -0.2) is 46.3 Å². The fourth-order valence-corrected chi connectivity index (χ4v) is 4.21. The van der Waals surface area contributed by atoms with Crippen LogP contribution < -0.4 is 5.32 Å². The number of aromatic nitrogens is 2. The van der Waals surface area contributed by atoms with Gasteiger partial charge in [0.1, 0.15) is 0 Å². The molecule has 0 spiro atoms. The Morgan fingerprint density at radius 1 is 1.38 bits per heavy atom. The van der Waals surface area contributed by atoms with E-state index in [0.717, 1.165) is 32.5 Å². The van der Waals surface area contributed by atoms with E-state index >= 15 is 0 Å². The van der Waals surface area contributed by atoms with Crippen molar-refractivity contribution in [3.05, 3.63) is 18.0 Å². The highest BCUT2D eigenvalue weighted by atomic mass is 35.5. The number of amides is 1. The van der Waals surface area contributed by atoms with Crippen LogP contribution in [0, 0.1) is 11.8 Å². The van der Waals surface area contributed by atoms with E-state index in [-0.39, 0.29) is 24.2 Å². The highest BCUT2D eigenvalue weighted by Gasteiger charge is 2.39. The molecule has 2 saturated heterocycles. The van der Waals surface area contributed by atoms with Crippen LogP contribution in [0.4, 0.5) is 0 Å². The average Bonchev–Trinajstić information content (AvgIpc) is 3.15. The predicted octanol–water partition coefficient (Wildman–Crippen LogP) is 2.57. The summed E-state index contributed by atoms with van der Waals surface area (Å²) in [7, 11) is 1.94. The molecule has 3 heterocycles. The number of halogens is 1. The summed E-state index contributed by atoms with van der Waals surface area (Å²) in [6.07, 6.45) is 8.68. The summed E-state index contributed by atoms with van der Waals surface area (Å²) >= 11 is 0. The molecule has 5 nitrogen and oxygen atoms in total. The minimum absolute atomic E-state index is 0. The maximum absolute atomic E-state index is 13.2. The van der Waals surface area contributed by atoms with Crippen LogP contribution in [0.5, 0.6) is 0 Å². The van der Waals surface area contributed by atoms with Crippen molar-refractivity contribution in [3.8, 4) is 0 Å². The fourth-order valence-electron chi connectivity index (χ4n) is 4.21. The Bertz CT molecular complexity index is 545. The van der Waals surface area contributed by atoms with Gasteiger partial charge in [-0.3, -0.25) is 9.48 Å². The summed E-state index contributed by atoms with van der Waals surface area (Å²) in [5, 5.41) is 7.71. The van der Waals surface area contributed by atoms with Crippen LogP contribution in [0.2, 0.25) is 0 Å². The molecule has 1 amide bonds. The maximum Gasteiger partial charge on any atom is 0.227 e. The minimum Gasteiger partial charge on any atom is -0.339 e. The van der Waals surface area contributed by atoms with Crippen molar-refractivity contribution in [1.82, 2.24) is 20.0 Å². The molecule has 1 N–H and O–H groups in total. The Morgan fingerprint density at radius 3 is 2.83 bits per heavy atom. The SMILES string of the molecule is CC(C)CC1CCCCN1C(=O)[C@H]1CNC[C@@H]1c1cnn(C)c1.Cl. The Labute approximate surface area is 151 Å². The highest BCUT2D eigenvalue weighted by molar-refractivity contribution is 5.85. The van der Waals surface area contributed by atoms with Gasteiger partial charge in [0, 0.05) is 44.8 Å². The first-order chi connectivity index (χ1) is 11.1. The van der Waals surface area contributed by atoms with E-state index < -0.39 is 0 Å². The number of aryl methyl sites for hydroxylation is 1. The smallest absolute Gasteiger partial charge is 0.227 e. The second kappa shape index (κ2) is 8.34. The minimum atomic E-state index is 0. The number of hydrogen-bond donors (Lipinski definition) is 1. The number of piperidine rings is 1. The number of carbonyl (C=O) groups is 1. The molecule has 0 aliphatic carbocycles. The molecule has 0 radical (unpaired) electrons. The van der Waals surface area contributed by atoms with E-state index in [4.69, 9.17) is 0 Å². The Hall–Kier alpha value is -1.07. The highest BCUT2D eigenvalue weighted by Crippen LogP contribution is 2.32. The van der Waals surface area contributed by atoms with Gasteiger partial charge in [-0.05, 0) is 37.2 Å². The molecule has 1 aromatic rings. The molecule has 24 heavy (non-hydrogen) atoms. The molecule has 0 bridgehead atoms. The quantitative estimate of drug-likeness (QED) is 0.904. The van der Waals surface area contributed by atoms with Gasteiger partial charge in [-0.2, -0.15) is 5.10 Å². The molecule has 6 heteroatoms. The van der Waals surface area contributed by atoms with Crippen LogP contribution in [0.25, 0.3) is 0 Å². The zero-order valence-electron chi connectivity index (χ0n) is 15.1. The summed E-state index contributed by atoms with van der Waals surface area (Å²) in [6, 6.07) is 0.436. The van der Waals surface area contributed by atoms with Crippen LogP contribution in [0.1, 0.15) is 51.0 Å². The Kier molecular flexibility index (Phi) is 6.70. The topological polar surface area (TPSA) is 50.2 Å². The molecule has 1 unspecified atom stereocenters. The molecular weight excluding hydrogens is 324 g/mol. The fraction of sp³-hybridized carbons (Fsp3) is 0.778. The van der Waals surface area contributed by atoms with Gasteiger partial charge in [0.2, 0.25) is 5.91 Å². The first kappa shape index (κ1) is 19.3. The van der Waals surface area contributed by atoms with Crippen molar-refractivity contribution in [2.75, 3.05) is 19.6 Å². The molecule has 0 aromatic carbocycles. The standard InChI is InChI=1S/C18H30N4O.ClH/c1-13(2)8-15-6-4-5-7-22(15)18(23)17-11-19-10-16(17)14-9-20-21(3)12-14;/h9,12-13,15-17,19H,4-8,10-11H2,1-3H3;1H/t15?,16-,17+;/m1./s1. The summed E-state index contributed by atoms with van der Waals surface area (Å²) in [5.41, 5.74) is 1.19. The Balaban J connectivity index is 0.00000208. The third kappa shape index (κ3) is 4.12. The number of carbonyl (C=O) groups excluding carboxylic acids is 1. The van der Waals surface area contributed by atoms with Gasteiger partial charge in [-0.15, -0.1) is 12.4 Å². The van der Waals surface area contributed by atoms with Gasteiger partial charge in [0.05, 0.1) is 12.1 Å². The Morgan fingerprint density at radius 2 is 2.17 bits per heavy atom. The zero-order valence-corrected chi connectivity index (χ0v) is 15.9. The van der Waals surface area contributed by atoms with Crippen LogP contribution >= 0.6 is 12.4 Å². The van der Waals surface area contributed by atoms with E-state index in [1.54, 1.807) is 0 Å². The number of hydrogen-bond acceptors (Lipinski definition) is 3. The molecule has 2 aliphatic rings. The molecule has 2 fully saturated rings. The average molecular weight is 355 g/mol. The lowest BCUT2D eigenvalue weighted by Gasteiger charge is -2.39. The molecule has 3 atom stereocenters. The van der Waals surface area contributed by atoms with Gasteiger partial charge in [0.25, 0.3) is 0 Å². The third-order valence-electron chi connectivity index (χ3n) is 5.34. The van der Waals surface area contributed by atoms with E-state index in [0.29, 0.717) is 17.9 Å². The summed E-state index contributed by atoms with van der Waals surface area (Å²) < 4.78 is 1.83. The van der Waals surface area contributed by atoms with Gasteiger partial charge in [0.15, 0.2) is 0 Å². The zero-order chi connectivity index (χ0) is 16.4. The van der Waals surface area contributed by atoms with Gasteiger partial charge >= 0.3 is 0 Å². The lowest BCUT2D eigenvalue weighted by Crippen LogP contribution is -2.48. The number of nitrogens with zero attached hydrogens (tertiary/aromatic N) is 3. The van der Waals surface area contributed by atoms with Crippen molar-refractivity contribution in [2.24, 2.45) is 18.9 Å². The molecule has 0 saturated carbocycles. The second-order valence-electron chi connectivity index (χ2n) is 7.63. The van der Waals surface area contributed by atoms with Crippen molar-refractivity contribution in [1.29, 1.82) is 0 Å². The van der Waals surface area contributed by atoms with Crippen molar-refractivity contribution in [2.45, 2.75) is 51.5 Å². The van der Waals surface area contributed by atoms with E-state index in [1.807, 2.05) is 17.9 Å². The normalized spacial score (nSPS) is 27.3. The van der Waals surface area contributed by atoms with Crippen LogP contribution in [-0.2, 0) is 11.8 Å². The molecule has 2 aliphatic heterocycles. The van der Waals surface area contributed by atoms with E-state index in [9.17, 15) is 4.79 Å². The number of likely N-dealkylation sites (tertiary alicyclic amines) is 1. The largest absolute Gasteiger partial charge is 0.339 e.